The van der Waals surface area contributed by atoms with E-state index >= 15 is 0 Å². The number of ketones is 1. The Balaban J connectivity index is 2.06. The van der Waals surface area contributed by atoms with Crippen LogP contribution in [0.3, 0.4) is 0 Å². The molecule has 2 bridgehead atoms. The third-order valence-electron chi connectivity index (χ3n) is 11.9. The number of hydrogen-bond acceptors (Lipinski definition) is 14. The first-order valence-electron chi connectivity index (χ1n) is 24.5. The third kappa shape index (κ3) is 25.4. The topological polar surface area (TPSA) is 247 Å². The summed E-state index contributed by atoms with van der Waals surface area (Å²) in [4.78, 5) is 49.9. The summed E-state index contributed by atoms with van der Waals surface area (Å²) in [6, 6.07) is 0. The molecule has 1 heterocycles. The van der Waals surface area contributed by atoms with Gasteiger partial charge in [0.15, 0.2) is 11.9 Å². The Labute approximate surface area is 388 Å². The highest BCUT2D eigenvalue weighted by Gasteiger charge is 2.47. The predicted octanol–water partition coefficient (Wildman–Crippen LogP) is 7.56. The second-order valence-corrected chi connectivity index (χ2v) is 19.0. The van der Waals surface area contributed by atoms with Gasteiger partial charge < -0.3 is 45.0 Å². The van der Waals surface area contributed by atoms with E-state index in [1.807, 2.05) is 6.92 Å². The Morgan fingerprint density at radius 2 is 1.40 bits per heavy atom. The predicted molar refractivity (Wildman–Crippen MR) is 248 cm³/mol. The van der Waals surface area contributed by atoms with Crippen molar-refractivity contribution in [2.75, 3.05) is 13.2 Å². The molecule has 2 rings (SSSR count). The van der Waals surface area contributed by atoms with Crippen molar-refractivity contribution in [2.45, 2.75) is 217 Å². The van der Waals surface area contributed by atoms with Crippen molar-refractivity contribution in [3.8, 4) is 0 Å². The van der Waals surface area contributed by atoms with Gasteiger partial charge in [0.05, 0.1) is 30.8 Å². The number of aliphatic hydroxyl groups is 6. The van der Waals surface area contributed by atoms with Gasteiger partial charge in [-0.1, -0.05) is 140 Å². The number of unbranched alkanes of at least 4 members (excludes halogenated alkanes) is 15. The van der Waals surface area contributed by atoms with Crippen molar-refractivity contribution >= 4 is 25.5 Å². The third-order valence-corrected chi connectivity index (χ3v) is 12.9. The zero-order valence-electron chi connectivity index (χ0n) is 39.1. The summed E-state index contributed by atoms with van der Waals surface area (Å²) in [6.45, 7) is 2.86. The Hall–Kier alpha value is -2.56. The molecule has 1 aliphatic carbocycles. The summed E-state index contributed by atoms with van der Waals surface area (Å²) in [6.07, 6.45) is 17.8. The first-order valence-corrected chi connectivity index (χ1v) is 26.0. The molecule has 0 amide bonds. The Kier molecular flexibility index (Phi) is 31.3. The monoisotopic (exact) mass is 943 g/mol. The van der Waals surface area contributed by atoms with E-state index in [0.29, 0.717) is 32.1 Å². The zero-order chi connectivity index (χ0) is 47.9. The average molecular weight is 943 g/mol. The van der Waals surface area contributed by atoms with Crippen LogP contribution >= 0.6 is 7.82 Å². The highest BCUT2D eigenvalue weighted by atomic mass is 31.2. The standard InChI is InChI=1S/C49H83O15P/c1-3-5-7-8-9-10-11-12-13-14-15-16-17-18-19-20-25-29-42(52)61-35-39-36-62-65(59,60)64-49-47(57)45(55)40(33-32-38(50)28-23-6-4-2)41(51)34-31-37(44(54)46(56)48(49)58)27-24-21-22-26-30-43(53)63-39/h12-13,21,24,31-34,37-40,44-50,54-58H,3-11,14-20,22-23,25-30,35-36H2,1-2H3,(H,59,60)/b13-12-,24-21-,33-32+,34-31-/t37-,38-,39+,40-,44+,45+,46-,47+,48+,49+/m0/s1. The van der Waals surface area contributed by atoms with Crippen molar-refractivity contribution in [3.05, 3.63) is 48.6 Å². The first-order chi connectivity index (χ1) is 31.2. The number of aliphatic hydroxyl groups excluding tert-OH is 6. The summed E-state index contributed by atoms with van der Waals surface area (Å²) in [7, 11) is -5.41. The number of esters is 2. The number of hydrogen-bond donors (Lipinski definition) is 7. The number of phosphoric acid groups is 1. The summed E-state index contributed by atoms with van der Waals surface area (Å²) >= 11 is 0. The van der Waals surface area contributed by atoms with Crippen LogP contribution < -0.4 is 0 Å². The lowest BCUT2D eigenvalue weighted by molar-refractivity contribution is -0.164. The maximum atomic E-state index is 13.5. The van der Waals surface area contributed by atoms with Crippen LogP contribution in [0.2, 0.25) is 0 Å². The average Bonchev–Trinajstić information content (AvgIpc) is 3.28. The van der Waals surface area contributed by atoms with Crippen LogP contribution in [0.15, 0.2) is 48.6 Å². The Morgan fingerprint density at radius 1 is 0.800 bits per heavy atom. The fraction of sp³-hybridized carbons (Fsp3) is 0.776. The molecule has 65 heavy (non-hydrogen) atoms. The molecule has 16 heteroatoms. The van der Waals surface area contributed by atoms with Crippen LogP contribution in [0.5, 0.6) is 0 Å². The van der Waals surface area contributed by atoms with Gasteiger partial charge in [-0.2, -0.15) is 0 Å². The minimum Gasteiger partial charge on any atom is -0.462 e. The number of carbonyl (C=O) groups is 3. The van der Waals surface area contributed by atoms with Gasteiger partial charge in [0, 0.05) is 18.8 Å². The van der Waals surface area contributed by atoms with E-state index in [-0.39, 0.29) is 19.3 Å². The van der Waals surface area contributed by atoms with E-state index < -0.39 is 99.4 Å². The molecule has 0 aromatic carbocycles. The lowest BCUT2D eigenvalue weighted by Gasteiger charge is -2.36. The van der Waals surface area contributed by atoms with Crippen LogP contribution in [-0.2, 0) is 37.5 Å². The lowest BCUT2D eigenvalue weighted by Crippen LogP contribution is -2.55. The molecule has 0 aromatic heterocycles. The molecule has 0 saturated heterocycles. The summed E-state index contributed by atoms with van der Waals surface area (Å²) < 4.78 is 34.6. The minimum atomic E-state index is -5.41. The fourth-order valence-electron chi connectivity index (χ4n) is 7.78. The minimum absolute atomic E-state index is 0.0268. The van der Waals surface area contributed by atoms with Gasteiger partial charge in [0.2, 0.25) is 0 Å². The van der Waals surface area contributed by atoms with Crippen LogP contribution in [0.1, 0.15) is 168 Å². The van der Waals surface area contributed by atoms with Gasteiger partial charge in [0.1, 0.15) is 31.0 Å². The molecule has 1 aliphatic heterocycles. The van der Waals surface area contributed by atoms with Gasteiger partial charge in [-0.25, -0.2) is 4.57 Å². The van der Waals surface area contributed by atoms with E-state index in [2.05, 4.69) is 19.1 Å². The van der Waals surface area contributed by atoms with Crippen molar-refractivity contribution in [3.63, 3.8) is 0 Å². The van der Waals surface area contributed by atoms with Crippen LogP contribution in [0, 0.1) is 11.8 Å². The second kappa shape index (κ2) is 34.7. The van der Waals surface area contributed by atoms with E-state index in [1.165, 1.54) is 56.8 Å². The molecule has 1 unspecified atom stereocenters. The van der Waals surface area contributed by atoms with Gasteiger partial charge in [-0.15, -0.1) is 0 Å². The van der Waals surface area contributed by atoms with Crippen LogP contribution in [-0.4, -0.2) is 115 Å². The number of fused-ring (bicyclic) bond motifs is 4. The van der Waals surface area contributed by atoms with E-state index in [4.69, 9.17) is 18.5 Å². The van der Waals surface area contributed by atoms with Crippen LogP contribution in [0.25, 0.3) is 0 Å². The summed E-state index contributed by atoms with van der Waals surface area (Å²) in [5.74, 6) is -4.63. The zero-order valence-corrected chi connectivity index (χ0v) is 40.0. The largest absolute Gasteiger partial charge is 0.472 e. The Morgan fingerprint density at radius 3 is 2.06 bits per heavy atom. The SMILES string of the molecule is CCCCCCCC/C=C\CCCCCCCCCC(=O)OC[C@@H]1COP(=O)(O)O[C@H]2[C@H](O)[C@@H](O)[C@H](O)[C@H](/C=C\C(=O)[C@H](/C=C/[C@@H](O)CCCCC)[C@@H](O)[C@H]2O)C/C=C\CCCC(=O)O1. The fourth-order valence-corrected chi connectivity index (χ4v) is 8.75. The molecule has 374 valence electrons. The molecular weight excluding hydrogens is 859 g/mol. The highest BCUT2D eigenvalue weighted by molar-refractivity contribution is 7.47. The summed E-state index contributed by atoms with van der Waals surface area (Å²) in [5, 5.41) is 66.9. The molecule has 0 radical (unpaired) electrons. The van der Waals surface area contributed by atoms with E-state index in [0.717, 1.165) is 70.3 Å². The quantitative estimate of drug-likeness (QED) is 0.0202. The number of phosphoric ester groups is 1. The first kappa shape index (κ1) is 58.6. The molecule has 11 atom stereocenters. The van der Waals surface area contributed by atoms with Gasteiger partial charge >= 0.3 is 19.8 Å². The molecule has 2 aliphatic rings. The lowest BCUT2D eigenvalue weighted by atomic mass is 9.87. The molecule has 15 nitrogen and oxygen atoms in total. The van der Waals surface area contributed by atoms with Gasteiger partial charge in [-0.3, -0.25) is 23.4 Å². The number of ether oxygens (including phenoxy) is 2. The number of cyclic esters (lactones) is 1. The van der Waals surface area contributed by atoms with Crippen molar-refractivity contribution in [2.24, 2.45) is 11.8 Å². The smallest absolute Gasteiger partial charge is 0.462 e. The van der Waals surface area contributed by atoms with Gasteiger partial charge in [0.25, 0.3) is 0 Å². The van der Waals surface area contributed by atoms with Crippen molar-refractivity contribution in [1.29, 1.82) is 0 Å². The second-order valence-electron chi connectivity index (χ2n) is 17.6. The molecule has 7 N–H and O–H groups in total. The van der Waals surface area contributed by atoms with E-state index in [1.54, 1.807) is 12.2 Å². The number of allylic oxidation sites excluding steroid dienone is 5. The molecular formula is C49H83O15P. The van der Waals surface area contributed by atoms with Crippen LogP contribution in [0.4, 0.5) is 0 Å². The molecule has 0 saturated carbocycles. The van der Waals surface area contributed by atoms with E-state index in [9.17, 15) is 54.5 Å². The number of rotatable bonds is 25. The highest BCUT2D eigenvalue weighted by Crippen LogP contribution is 2.47. The Bertz CT molecular complexity index is 1480. The molecule has 0 fully saturated rings. The molecule has 0 aromatic rings. The maximum Gasteiger partial charge on any atom is 0.472 e. The normalized spacial score (nSPS) is 30.4. The summed E-state index contributed by atoms with van der Waals surface area (Å²) in [5.41, 5.74) is 0. The molecule has 0 spiro atoms. The number of carbonyl (C=O) groups excluding carboxylic acids is 3. The van der Waals surface area contributed by atoms with Crippen molar-refractivity contribution in [1.82, 2.24) is 0 Å². The van der Waals surface area contributed by atoms with Gasteiger partial charge in [-0.05, 0) is 63.9 Å². The maximum absolute atomic E-state index is 13.5. The van der Waals surface area contributed by atoms with Crippen molar-refractivity contribution < 1.29 is 73.0 Å².